The minimum atomic E-state index is -0.121. The zero-order valence-electron chi connectivity index (χ0n) is 21.7. The van der Waals surface area contributed by atoms with Crippen LogP contribution in [-0.2, 0) is 22.5 Å². The number of hydrogen-bond donors (Lipinski definition) is 0. The highest BCUT2D eigenvalue weighted by Gasteiger charge is 2.27. The number of aromatic nitrogens is 3. The lowest BCUT2D eigenvalue weighted by Crippen LogP contribution is -2.37. The third-order valence-corrected chi connectivity index (χ3v) is 9.58. The molecule has 2 fully saturated rings. The van der Waals surface area contributed by atoms with Crippen LogP contribution in [0.25, 0.3) is 10.6 Å². The second kappa shape index (κ2) is 12.2. The molecule has 0 unspecified atom stereocenters. The Kier molecular flexibility index (Phi) is 8.72. The van der Waals surface area contributed by atoms with E-state index in [9.17, 15) is 9.59 Å². The molecular weight excluding hydrogens is 542 g/mol. The van der Waals surface area contributed by atoms with Crippen molar-refractivity contribution >= 4 is 51.8 Å². The van der Waals surface area contributed by atoms with Gasteiger partial charge < -0.3 is 9.64 Å². The molecule has 1 atom stereocenters. The number of carbonyl (C=O) groups is 2. The predicted molar refractivity (Wildman–Crippen MR) is 151 cm³/mol. The number of ether oxygens (including phenoxy) is 1. The van der Waals surface area contributed by atoms with Gasteiger partial charge in [-0.25, -0.2) is 15.0 Å². The Hall–Kier alpha value is -2.40. The molecule has 3 aromatic heterocycles. The number of ketones is 1. The number of rotatable bonds is 9. The number of nitrogens with zero attached hydrogens (tertiary/aromatic N) is 5. The van der Waals surface area contributed by atoms with Crippen molar-refractivity contribution < 1.29 is 14.3 Å². The second-order valence-electron chi connectivity index (χ2n) is 9.84. The highest BCUT2D eigenvalue weighted by Crippen LogP contribution is 2.36. The number of carbonyl (C=O) groups excluding carboxylic acids is 2. The molecular formula is C27H32ClN5O3S2. The summed E-state index contributed by atoms with van der Waals surface area (Å²) in [6.45, 7) is 7.83. The van der Waals surface area contributed by atoms with Crippen LogP contribution < -0.4 is 4.90 Å². The van der Waals surface area contributed by atoms with E-state index in [4.69, 9.17) is 21.3 Å². The standard InChI is InChI=1S/C27H32ClN5O3S2/c1-3-36-27(35)18-6-9-32(10-7-18)24-14-29-20(13-30-24)21(34)12-25-31-26(22-11-19(28)16-37-22)23(38-25)15-33-8-4-5-17(33)2/h11,13-14,16-18H,3-10,12,15H2,1-2H3/t17-/m1/s1. The lowest BCUT2D eigenvalue weighted by atomic mass is 9.97. The average Bonchev–Trinajstić information content (AvgIpc) is 3.65. The molecule has 11 heteroatoms. The normalized spacial score (nSPS) is 18.7. The van der Waals surface area contributed by atoms with Crippen LogP contribution in [0.15, 0.2) is 23.8 Å². The van der Waals surface area contributed by atoms with Crippen molar-refractivity contribution in [2.75, 3.05) is 31.1 Å². The first-order valence-electron chi connectivity index (χ1n) is 13.1. The van der Waals surface area contributed by atoms with Gasteiger partial charge in [-0.05, 0) is 52.1 Å². The van der Waals surface area contributed by atoms with Crippen LogP contribution in [0.5, 0.6) is 0 Å². The topological polar surface area (TPSA) is 88.5 Å². The van der Waals surface area contributed by atoms with E-state index in [2.05, 4.69) is 26.7 Å². The van der Waals surface area contributed by atoms with Gasteiger partial charge in [-0.15, -0.1) is 22.7 Å². The number of anilines is 1. The summed E-state index contributed by atoms with van der Waals surface area (Å²) in [5.41, 5.74) is 1.27. The van der Waals surface area contributed by atoms with E-state index in [0.29, 0.717) is 36.5 Å². The van der Waals surface area contributed by atoms with E-state index >= 15 is 0 Å². The maximum atomic E-state index is 13.1. The Morgan fingerprint density at radius 1 is 1.16 bits per heavy atom. The van der Waals surface area contributed by atoms with Crippen LogP contribution >= 0.6 is 34.3 Å². The van der Waals surface area contributed by atoms with Crippen LogP contribution in [0.3, 0.4) is 0 Å². The van der Waals surface area contributed by atoms with Crippen molar-refractivity contribution in [3.63, 3.8) is 0 Å². The lowest BCUT2D eigenvalue weighted by molar-refractivity contribution is -0.148. The van der Waals surface area contributed by atoms with Crippen LogP contribution in [-0.4, -0.2) is 63.9 Å². The zero-order valence-corrected chi connectivity index (χ0v) is 24.1. The minimum absolute atomic E-state index is 0.0630. The van der Waals surface area contributed by atoms with Gasteiger partial charge in [0, 0.05) is 35.9 Å². The molecule has 202 valence electrons. The van der Waals surface area contributed by atoms with E-state index in [1.807, 2.05) is 18.4 Å². The molecule has 38 heavy (non-hydrogen) atoms. The molecule has 0 spiro atoms. The van der Waals surface area contributed by atoms with Gasteiger partial charge in [-0.2, -0.15) is 0 Å². The summed E-state index contributed by atoms with van der Waals surface area (Å²) in [5.74, 6) is 0.435. The highest BCUT2D eigenvalue weighted by atomic mass is 35.5. The van der Waals surface area contributed by atoms with Gasteiger partial charge in [-0.3, -0.25) is 14.5 Å². The summed E-state index contributed by atoms with van der Waals surface area (Å²) in [4.78, 5) is 45.7. The Balaban J connectivity index is 1.25. The maximum absolute atomic E-state index is 13.1. The van der Waals surface area contributed by atoms with Crippen LogP contribution in [0, 0.1) is 5.92 Å². The number of esters is 1. The van der Waals surface area contributed by atoms with Gasteiger partial charge >= 0.3 is 5.97 Å². The Morgan fingerprint density at radius 2 is 1.97 bits per heavy atom. The molecule has 0 bridgehead atoms. The number of thiophene rings is 1. The molecule has 5 rings (SSSR count). The molecule has 8 nitrogen and oxygen atoms in total. The fourth-order valence-electron chi connectivity index (χ4n) is 5.09. The van der Waals surface area contributed by atoms with Crippen molar-refractivity contribution in [3.05, 3.63) is 44.4 Å². The van der Waals surface area contributed by atoms with Gasteiger partial charge in [0.1, 0.15) is 16.5 Å². The molecule has 0 aromatic carbocycles. The molecule has 2 aliphatic heterocycles. The number of Topliss-reactive ketones (excluding diaryl/α,β-unsaturated/α-hetero) is 1. The maximum Gasteiger partial charge on any atom is 0.309 e. The Bertz CT molecular complexity index is 1270. The Labute approximate surface area is 236 Å². The summed E-state index contributed by atoms with van der Waals surface area (Å²) < 4.78 is 5.15. The number of hydrogen-bond acceptors (Lipinski definition) is 10. The van der Waals surface area contributed by atoms with Gasteiger partial charge in [0.05, 0.1) is 46.9 Å². The third kappa shape index (κ3) is 6.25. The van der Waals surface area contributed by atoms with Gasteiger partial charge in [-0.1, -0.05) is 11.6 Å². The van der Waals surface area contributed by atoms with E-state index in [-0.39, 0.29) is 24.1 Å². The summed E-state index contributed by atoms with van der Waals surface area (Å²) in [5, 5.41) is 3.40. The highest BCUT2D eigenvalue weighted by molar-refractivity contribution is 7.15. The molecule has 2 aliphatic rings. The molecule has 3 aromatic rings. The quantitative estimate of drug-likeness (QED) is 0.245. The number of halogens is 1. The van der Waals surface area contributed by atoms with Crippen molar-refractivity contribution in [1.29, 1.82) is 0 Å². The van der Waals surface area contributed by atoms with Crippen molar-refractivity contribution in [2.24, 2.45) is 5.92 Å². The fraction of sp³-hybridized carbons (Fsp3) is 0.519. The first kappa shape index (κ1) is 27.2. The number of likely N-dealkylation sites (tertiary alicyclic amines) is 1. The van der Waals surface area contributed by atoms with Gasteiger partial charge in [0.15, 0.2) is 5.78 Å². The van der Waals surface area contributed by atoms with Crippen LogP contribution in [0.2, 0.25) is 5.02 Å². The largest absolute Gasteiger partial charge is 0.466 e. The van der Waals surface area contributed by atoms with Crippen LogP contribution in [0.1, 0.15) is 59.9 Å². The molecule has 0 N–H and O–H groups in total. The van der Waals surface area contributed by atoms with Crippen molar-refractivity contribution in [1.82, 2.24) is 19.9 Å². The fourth-order valence-corrected chi connectivity index (χ4v) is 7.35. The molecule has 0 amide bonds. The minimum Gasteiger partial charge on any atom is -0.466 e. The summed E-state index contributed by atoms with van der Waals surface area (Å²) in [6, 6.07) is 2.50. The third-order valence-electron chi connectivity index (χ3n) is 7.25. The van der Waals surface area contributed by atoms with E-state index in [0.717, 1.165) is 47.3 Å². The monoisotopic (exact) mass is 573 g/mol. The summed E-state index contributed by atoms with van der Waals surface area (Å²) >= 11 is 9.39. The molecule has 0 saturated carbocycles. The van der Waals surface area contributed by atoms with Crippen molar-refractivity contribution in [3.8, 4) is 10.6 Å². The summed E-state index contributed by atoms with van der Waals surface area (Å²) in [7, 11) is 0. The van der Waals surface area contributed by atoms with E-state index in [1.165, 1.54) is 17.7 Å². The SMILES string of the molecule is CCOC(=O)C1CCN(c2cnc(C(=O)Cc3nc(-c4cc(Cl)cs4)c(CN4CCC[C@H]4C)s3)cn2)CC1. The zero-order chi connectivity index (χ0) is 26.6. The molecule has 2 saturated heterocycles. The second-order valence-corrected chi connectivity index (χ2v) is 12.4. The van der Waals surface area contributed by atoms with E-state index in [1.54, 1.807) is 35.1 Å². The first-order valence-corrected chi connectivity index (χ1v) is 15.2. The average molecular weight is 574 g/mol. The Morgan fingerprint density at radius 3 is 2.61 bits per heavy atom. The molecule has 0 radical (unpaired) electrons. The van der Waals surface area contributed by atoms with Gasteiger partial charge in [0.2, 0.25) is 0 Å². The number of thiazole rings is 1. The van der Waals surface area contributed by atoms with Crippen molar-refractivity contribution in [2.45, 2.75) is 58.5 Å². The molecule has 0 aliphatic carbocycles. The lowest BCUT2D eigenvalue weighted by Gasteiger charge is -2.31. The van der Waals surface area contributed by atoms with E-state index < -0.39 is 0 Å². The summed E-state index contributed by atoms with van der Waals surface area (Å²) in [6.07, 6.45) is 7.26. The van der Waals surface area contributed by atoms with Crippen LogP contribution in [0.4, 0.5) is 5.82 Å². The first-order chi connectivity index (χ1) is 18.4. The molecule has 5 heterocycles. The smallest absolute Gasteiger partial charge is 0.309 e. The van der Waals surface area contributed by atoms with Gasteiger partial charge in [0.25, 0.3) is 0 Å². The number of piperidine rings is 1. The predicted octanol–water partition coefficient (Wildman–Crippen LogP) is 5.50.